The number of benzene rings is 1. The number of ether oxygens (including phenoxy) is 1. The third-order valence-electron chi connectivity index (χ3n) is 3.17. The van der Waals surface area contributed by atoms with Crippen LogP contribution in [0, 0.1) is 11.8 Å². The number of rotatable bonds is 9. The van der Waals surface area contributed by atoms with Crippen LogP contribution in [0.4, 0.5) is 0 Å². The van der Waals surface area contributed by atoms with Crippen LogP contribution in [0.1, 0.15) is 12.8 Å². The molecule has 0 spiro atoms. The first-order chi connectivity index (χ1) is 9.21. The van der Waals surface area contributed by atoms with Crippen molar-refractivity contribution in [2.45, 2.75) is 12.8 Å². The SMILES string of the molecule is NCC(CO)CC(CO)CCOc1ccccc1O. The van der Waals surface area contributed by atoms with Crippen molar-refractivity contribution < 1.29 is 20.1 Å². The highest BCUT2D eigenvalue weighted by Gasteiger charge is 2.14. The maximum absolute atomic E-state index is 9.53. The fraction of sp³-hybridized carbons (Fsp3) is 0.571. The Morgan fingerprint density at radius 1 is 1.11 bits per heavy atom. The molecule has 0 bridgehead atoms. The molecule has 2 unspecified atom stereocenters. The molecular formula is C14H23NO4. The average molecular weight is 269 g/mol. The van der Waals surface area contributed by atoms with Crippen molar-refractivity contribution in [3.8, 4) is 11.5 Å². The second-order valence-electron chi connectivity index (χ2n) is 4.67. The van der Waals surface area contributed by atoms with Crippen molar-refractivity contribution in [1.29, 1.82) is 0 Å². The quantitative estimate of drug-likeness (QED) is 0.530. The highest BCUT2D eigenvalue weighted by atomic mass is 16.5. The molecule has 0 aliphatic heterocycles. The molecule has 1 aromatic carbocycles. The minimum Gasteiger partial charge on any atom is -0.504 e. The lowest BCUT2D eigenvalue weighted by Gasteiger charge is -2.19. The van der Waals surface area contributed by atoms with Gasteiger partial charge in [0.15, 0.2) is 11.5 Å². The van der Waals surface area contributed by atoms with E-state index in [4.69, 9.17) is 15.6 Å². The molecule has 1 rings (SSSR count). The first-order valence-electron chi connectivity index (χ1n) is 6.53. The van der Waals surface area contributed by atoms with E-state index in [-0.39, 0.29) is 30.8 Å². The normalized spacial score (nSPS) is 14.1. The van der Waals surface area contributed by atoms with Gasteiger partial charge in [-0.25, -0.2) is 0 Å². The first-order valence-corrected chi connectivity index (χ1v) is 6.53. The number of aliphatic hydroxyl groups excluding tert-OH is 2. The molecule has 5 nitrogen and oxygen atoms in total. The summed E-state index contributed by atoms with van der Waals surface area (Å²) in [7, 11) is 0. The number of aliphatic hydroxyl groups is 2. The van der Waals surface area contributed by atoms with Crippen molar-refractivity contribution in [3.63, 3.8) is 0 Å². The summed E-state index contributed by atoms with van der Waals surface area (Å²) >= 11 is 0. The first kappa shape index (κ1) is 15.8. The van der Waals surface area contributed by atoms with Crippen LogP contribution < -0.4 is 10.5 Å². The van der Waals surface area contributed by atoms with Gasteiger partial charge in [0.1, 0.15) is 0 Å². The van der Waals surface area contributed by atoms with E-state index in [1.54, 1.807) is 24.3 Å². The van der Waals surface area contributed by atoms with E-state index < -0.39 is 0 Å². The molecule has 0 aliphatic rings. The van der Waals surface area contributed by atoms with Gasteiger partial charge in [-0.3, -0.25) is 0 Å². The second kappa shape index (κ2) is 8.74. The van der Waals surface area contributed by atoms with Crippen LogP contribution in [-0.2, 0) is 0 Å². The molecule has 0 radical (unpaired) electrons. The fourth-order valence-electron chi connectivity index (χ4n) is 1.92. The van der Waals surface area contributed by atoms with Crippen LogP contribution >= 0.6 is 0 Å². The summed E-state index contributed by atoms with van der Waals surface area (Å²) in [6.07, 6.45) is 1.33. The minimum absolute atomic E-state index is 0.0160. The topological polar surface area (TPSA) is 95.9 Å². The molecule has 19 heavy (non-hydrogen) atoms. The van der Waals surface area contributed by atoms with Gasteiger partial charge in [0.05, 0.1) is 6.61 Å². The zero-order valence-electron chi connectivity index (χ0n) is 11.0. The highest BCUT2D eigenvalue weighted by molar-refractivity contribution is 5.37. The summed E-state index contributed by atoms with van der Waals surface area (Å²) in [5, 5.41) is 27.9. The molecule has 0 heterocycles. The van der Waals surface area contributed by atoms with E-state index in [0.29, 0.717) is 31.7 Å². The molecule has 0 amide bonds. The summed E-state index contributed by atoms with van der Waals surface area (Å²) in [6, 6.07) is 6.77. The van der Waals surface area contributed by atoms with E-state index in [1.165, 1.54) is 0 Å². The molecule has 0 fully saturated rings. The maximum atomic E-state index is 9.53. The van der Waals surface area contributed by atoms with Gasteiger partial charge >= 0.3 is 0 Å². The van der Waals surface area contributed by atoms with E-state index in [2.05, 4.69) is 0 Å². The Balaban J connectivity index is 2.35. The third kappa shape index (κ3) is 5.46. The summed E-state index contributed by atoms with van der Waals surface area (Å²) in [4.78, 5) is 0. The van der Waals surface area contributed by atoms with Crippen molar-refractivity contribution >= 4 is 0 Å². The summed E-state index contributed by atoms with van der Waals surface area (Å²) in [6.45, 7) is 0.896. The Morgan fingerprint density at radius 3 is 2.37 bits per heavy atom. The van der Waals surface area contributed by atoms with E-state index in [1.807, 2.05) is 0 Å². The van der Waals surface area contributed by atoms with Crippen LogP contribution in [0.15, 0.2) is 24.3 Å². The number of hydrogen-bond acceptors (Lipinski definition) is 5. The van der Waals surface area contributed by atoms with Crippen LogP contribution in [0.3, 0.4) is 0 Å². The Bertz CT molecular complexity index is 355. The molecule has 1 aromatic rings. The van der Waals surface area contributed by atoms with Crippen molar-refractivity contribution in [1.82, 2.24) is 0 Å². The summed E-state index contributed by atoms with van der Waals surface area (Å²) in [5.41, 5.74) is 5.52. The lowest BCUT2D eigenvalue weighted by Crippen LogP contribution is -2.23. The predicted octanol–water partition coefficient (Wildman–Crippen LogP) is 0.727. The van der Waals surface area contributed by atoms with Gasteiger partial charge in [-0.2, -0.15) is 0 Å². The number of phenols is 1. The van der Waals surface area contributed by atoms with Crippen LogP contribution in [0.5, 0.6) is 11.5 Å². The van der Waals surface area contributed by atoms with Crippen LogP contribution in [0.25, 0.3) is 0 Å². The number of nitrogens with two attached hydrogens (primary N) is 1. The Kier molecular flexibility index (Phi) is 7.25. The molecule has 108 valence electrons. The lowest BCUT2D eigenvalue weighted by atomic mass is 9.93. The van der Waals surface area contributed by atoms with Gasteiger partial charge in [-0.15, -0.1) is 0 Å². The van der Waals surface area contributed by atoms with Gasteiger partial charge in [-0.05, 0) is 43.4 Å². The zero-order valence-corrected chi connectivity index (χ0v) is 11.0. The number of hydrogen-bond donors (Lipinski definition) is 4. The third-order valence-corrected chi connectivity index (χ3v) is 3.17. The maximum Gasteiger partial charge on any atom is 0.160 e. The van der Waals surface area contributed by atoms with Gasteiger partial charge < -0.3 is 25.8 Å². The smallest absolute Gasteiger partial charge is 0.160 e. The van der Waals surface area contributed by atoms with E-state index in [0.717, 1.165) is 0 Å². The van der Waals surface area contributed by atoms with Crippen LogP contribution in [-0.4, -0.2) is 41.7 Å². The molecule has 0 aromatic heterocycles. The Morgan fingerprint density at radius 2 is 1.79 bits per heavy atom. The van der Waals surface area contributed by atoms with Crippen molar-refractivity contribution in [2.24, 2.45) is 17.6 Å². The molecule has 0 aliphatic carbocycles. The monoisotopic (exact) mass is 269 g/mol. The van der Waals surface area contributed by atoms with Crippen molar-refractivity contribution in [3.05, 3.63) is 24.3 Å². The van der Waals surface area contributed by atoms with Gasteiger partial charge in [0, 0.05) is 13.2 Å². The van der Waals surface area contributed by atoms with E-state index >= 15 is 0 Å². The summed E-state index contributed by atoms with van der Waals surface area (Å²) < 4.78 is 5.46. The number of aromatic hydroxyl groups is 1. The zero-order chi connectivity index (χ0) is 14.1. The fourth-order valence-corrected chi connectivity index (χ4v) is 1.92. The average Bonchev–Trinajstić information content (AvgIpc) is 2.44. The highest BCUT2D eigenvalue weighted by Crippen LogP contribution is 2.25. The standard InChI is InChI=1S/C14H23NO4/c15-8-12(10-17)7-11(9-16)5-6-19-14-4-2-1-3-13(14)18/h1-4,11-12,16-18H,5-10,15H2. The molecule has 5 N–H and O–H groups in total. The largest absolute Gasteiger partial charge is 0.504 e. The van der Waals surface area contributed by atoms with Gasteiger partial charge in [0.2, 0.25) is 0 Å². The lowest BCUT2D eigenvalue weighted by molar-refractivity contribution is 0.144. The molecule has 0 saturated heterocycles. The Hall–Kier alpha value is -1.30. The predicted molar refractivity (Wildman–Crippen MR) is 73.0 cm³/mol. The minimum atomic E-state index is 0.0160. The molecule has 5 heteroatoms. The Labute approximate surface area is 113 Å². The van der Waals surface area contributed by atoms with Gasteiger partial charge in [-0.1, -0.05) is 12.1 Å². The second-order valence-corrected chi connectivity index (χ2v) is 4.67. The number of phenolic OH excluding ortho intramolecular Hbond substituents is 1. The summed E-state index contributed by atoms with van der Waals surface area (Å²) in [5.74, 6) is 0.615. The van der Waals surface area contributed by atoms with E-state index in [9.17, 15) is 10.2 Å². The van der Waals surface area contributed by atoms with Crippen molar-refractivity contribution in [2.75, 3.05) is 26.4 Å². The molecule has 0 saturated carbocycles. The number of para-hydroxylation sites is 2. The molecule has 2 atom stereocenters. The molecular weight excluding hydrogens is 246 g/mol. The van der Waals surface area contributed by atoms with Gasteiger partial charge in [0.25, 0.3) is 0 Å². The van der Waals surface area contributed by atoms with Crippen LogP contribution in [0.2, 0.25) is 0 Å².